The van der Waals surface area contributed by atoms with Gasteiger partial charge < -0.3 is 10.6 Å². The summed E-state index contributed by atoms with van der Waals surface area (Å²) in [6.07, 6.45) is -3.34. The first-order valence-electron chi connectivity index (χ1n) is 6.12. The first-order valence-corrected chi connectivity index (χ1v) is 6.12. The molecule has 2 rings (SSSR count). The van der Waals surface area contributed by atoms with Crippen molar-refractivity contribution >= 4 is 5.69 Å². The highest BCUT2D eigenvalue weighted by Crippen LogP contribution is 2.36. The van der Waals surface area contributed by atoms with E-state index in [1.54, 1.807) is 19.1 Å². The van der Waals surface area contributed by atoms with Gasteiger partial charge in [-0.15, -0.1) is 0 Å². The number of fused-ring (bicyclic) bond motifs is 1. The fraction of sp³-hybridized carbons (Fsp3) is 0.538. The molecule has 5 heteroatoms. The second-order valence-electron chi connectivity index (χ2n) is 4.63. The van der Waals surface area contributed by atoms with Gasteiger partial charge in [0.15, 0.2) is 0 Å². The number of hydrogen-bond acceptors (Lipinski definition) is 2. The van der Waals surface area contributed by atoms with E-state index in [0.29, 0.717) is 25.1 Å². The Bertz CT molecular complexity index is 417. The summed E-state index contributed by atoms with van der Waals surface area (Å²) < 4.78 is 39.5. The summed E-state index contributed by atoms with van der Waals surface area (Å²) in [7, 11) is 0. The minimum atomic E-state index is -4.30. The zero-order valence-electron chi connectivity index (χ0n) is 10.2. The topological polar surface area (TPSA) is 29.3 Å². The molecule has 0 aromatic heterocycles. The van der Waals surface area contributed by atoms with E-state index in [1.165, 1.54) is 4.90 Å². The molecule has 2 unspecified atom stereocenters. The third kappa shape index (κ3) is 2.32. The number of anilines is 1. The zero-order valence-corrected chi connectivity index (χ0v) is 10.2. The molecular weight excluding hydrogens is 241 g/mol. The lowest BCUT2D eigenvalue weighted by atomic mass is 10.0. The Kier molecular flexibility index (Phi) is 3.52. The van der Waals surface area contributed by atoms with Crippen molar-refractivity contribution in [1.29, 1.82) is 0 Å². The van der Waals surface area contributed by atoms with Crippen molar-refractivity contribution < 1.29 is 13.2 Å². The van der Waals surface area contributed by atoms with Gasteiger partial charge in [0.1, 0.15) is 6.04 Å². The van der Waals surface area contributed by atoms with Crippen LogP contribution in [0.15, 0.2) is 24.3 Å². The van der Waals surface area contributed by atoms with Crippen molar-refractivity contribution in [2.45, 2.75) is 38.0 Å². The van der Waals surface area contributed by atoms with Crippen LogP contribution in [-0.2, 0) is 6.42 Å². The first kappa shape index (κ1) is 13.2. The molecule has 1 aromatic carbocycles. The number of nitrogens with zero attached hydrogens (tertiary/aromatic N) is 1. The lowest BCUT2D eigenvalue weighted by molar-refractivity contribution is -0.153. The molecule has 1 heterocycles. The van der Waals surface area contributed by atoms with Crippen LogP contribution in [0.4, 0.5) is 18.9 Å². The van der Waals surface area contributed by atoms with E-state index in [9.17, 15) is 13.2 Å². The number of nitrogens with two attached hydrogens (primary N) is 1. The van der Waals surface area contributed by atoms with Gasteiger partial charge in [-0.1, -0.05) is 25.1 Å². The normalized spacial score (nSPS) is 18.6. The molecule has 1 aliphatic heterocycles. The van der Waals surface area contributed by atoms with Gasteiger partial charge in [-0.25, -0.2) is 0 Å². The molecular formula is C13H17F3N2. The van der Waals surface area contributed by atoms with Gasteiger partial charge in [-0.3, -0.25) is 0 Å². The second kappa shape index (κ2) is 4.80. The summed E-state index contributed by atoms with van der Waals surface area (Å²) in [6.45, 7) is 2.07. The van der Waals surface area contributed by atoms with E-state index in [4.69, 9.17) is 5.73 Å². The Morgan fingerprint density at radius 2 is 2.00 bits per heavy atom. The van der Waals surface area contributed by atoms with Gasteiger partial charge in [0.2, 0.25) is 0 Å². The predicted octanol–water partition coefficient (Wildman–Crippen LogP) is 2.72. The standard InChI is InChI=1S/C13H17F3N2/c1-2-10(17)12(13(14,15)16)18-8-7-9-5-3-4-6-11(9)18/h3-6,10,12H,2,7-8,17H2,1H3. The number of rotatable bonds is 3. The molecule has 0 saturated heterocycles. The molecule has 0 saturated carbocycles. The number of benzene rings is 1. The maximum absolute atomic E-state index is 13.2. The van der Waals surface area contributed by atoms with Gasteiger partial charge in [0.05, 0.1) is 0 Å². The molecule has 0 aliphatic carbocycles. The van der Waals surface area contributed by atoms with E-state index >= 15 is 0 Å². The molecule has 2 N–H and O–H groups in total. The third-order valence-electron chi connectivity index (χ3n) is 3.47. The number of hydrogen-bond donors (Lipinski definition) is 1. The van der Waals surface area contributed by atoms with E-state index in [-0.39, 0.29) is 0 Å². The predicted molar refractivity (Wildman–Crippen MR) is 65.6 cm³/mol. The third-order valence-corrected chi connectivity index (χ3v) is 3.47. The summed E-state index contributed by atoms with van der Waals surface area (Å²) in [5.41, 5.74) is 7.32. The highest BCUT2D eigenvalue weighted by Gasteiger charge is 2.48. The van der Waals surface area contributed by atoms with Gasteiger partial charge in [0.25, 0.3) is 0 Å². The minimum Gasteiger partial charge on any atom is -0.358 e. The maximum Gasteiger partial charge on any atom is 0.410 e. The lowest BCUT2D eigenvalue weighted by Crippen LogP contribution is -2.55. The van der Waals surface area contributed by atoms with Gasteiger partial charge in [-0.2, -0.15) is 13.2 Å². The average Bonchev–Trinajstić information content (AvgIpc) is 2.71. The van der Waals surface area contributed by atoms with Crippen LogP contribution in [0.1, 0.15) is 18.9 Å². The van der Waals surface area contributed by atoms with Crippen LogP contribution in [0.3, 0.4) is 0 Å². The van der Waals surface area contributed by atoms with Gasteiger partial charge in [-0.05, 0) is 24.5 Å². The zero-order chi connectivity index (χ0) is 13.3. The second-order valence-corrected chi connectivity index (χ2v) is 4.63. The van der Waals surface area contributed by atoms with E-state index in [2.05, 4.69) is 0 Å². The summed E-state index contributed by atoms with van der Waals surface area (Å²) in [5.74, 6) is 0. The van der Waals surface area contributed by atoms with Crippen LogP contribution >= 0.6 is 0 Å². The highest BCUT2D eigenvalue weighted by atomic mass is 19.4. The Labute approximate surface area is 105 Å². The summed E-state index contributed by atoms with van der Waals surface area (Å²) >= 11 is 0. The highest BCUT2D eigenvalue weighted by molar-refractivity contribution is 5.59. The van der Waals surface area contributed by atoms with Crippen LogP contribution in [0.2, 0.25) is 0 Å². The number of halogens is 3. The maximum atomic E-state index is 13.2. The molecule has 0 bridgehead atoms. The SMILES string of the molecule is CCC(N)C(N1CCc2ccccc21)C(F)(F)F. The number of para-hydroxylation sites is 1. The monoisotopic (exact) mass is 258 g/mol. The first-order chi connectivity index (χ1) is 8.45. The van der Waals surface area contributed by atoms with E-state index in [1.807, 2.05) is 12.1 Å². The van der Waals surface area contributed by atoms with Gasteiger partial charge in [0, 0.05) is 18.3 Å². The van der Waals surface area contributed by atoms with E-state index < -0.39 is 18.3 Å². The smallest absolute Gasteiger partial charge is 0.358 e. The van der Waals surface area contributed by atoms with Crippen LogP contribution in [0, 0.1) is 0 Å². The van der Waals surface area contributed by atoms with Crippen LogP contribution in [0.5, 0.6) is 0 Å². The Hall–Kier alpha value is -1.23. The average molecular weight is 258 g/mol. The summed E-state index contributed by atoms with van der Waals surface area (Å²) in [5, 5.41) is 0. The molecule has 100 valence electrons. The quantitative estimate of drug-likeness (QED) is 0.903. The molecule has 0 amide bonds. The summed E-state index contributed by atoms with van der Waals surface area (Å²) in [4.78, 5) is 1.41. The minimum absolute atomic E-state index is 0.308. The molecule has 0 fully saturated rings. The van der Waals surface area contributed by atoms with Crippen molar-refractivity contribution in [3.8, 4) is 0 Å². The molecule has 0 radical (unpaired) electrons. The van der Waals surface area contributed by atoms with E-state index in [0.717, 1.165) is 5.56 Å². The lowest BCUT2D eigenvalue weighted by Gasteiger charge is -2.35. The Morgan fingerprint density at radius 3 is 2.61 bits per heavy atom. The molecule has 0 spiro atoms. The summed E-state index contributed by atoms with van der Waals surface area (Å²) in [6, 6.07) is 4.75. The Balaban J connectivity index is 2.34. The van der Waals surface area contributed by atoms with Crippen LogP contribution in [-0.4, -0.2) is 24.8 Å². The van der Waals surface area contributed by atoms with Gasteiger partial charge >= 0.3 is 6.18 Å². The molecule has 18 heavy (non-hydrogen) atoms. The largest absolute Gasteiger partial charge is 0.410 e. The molecule has 2 nitrogen and oxygen atoms in total. The van der Waals surface area contributed by atoms with Crippen molar-refractivity contribution in [1.82, 2.24) is 0 Å². The van der Waals surface area contributed by atoms with Crippen LogP contribution in [0.25, 0.3) is 0 Å². The molecule has 1 aromatic rings. The van der Waals surface area contributed by atoms with Crippen molar-refractivity contribution in [2.24, 2.45) is 5.73 Å². The molecule has 1 aliphatic rings. The van der Waals surface area contributed by atoms with Crippen LogP contribution < -0.4 is 10.6 Å². The molecule has 2 atom stereocenters. The fourth-order valence-electron chi connectivity index (χ4n) is 2.53. The van der Waals surface area contributed by atoms with Crippen molar-refractivity contribution in [3.05, 3.63) is 29.8 Å². The van der Waals surface area contributed by atoms with Crippen molar-refractivity contribution in [2.75, 3.05) is 11.4 Å². The van der Waals surface area contributed by atoms with Crippen molar-refractivity contribution in [3.63, 3.8) is 0 Å². The fourth-order valence-corrected chi connectivity index (χ4v) is 2.53. The Morgan fingerprint density at radius 1 is 1.33 bits per heavy atom. The number of alkyl halides is 3.